The normalized spacial score (nSPS) is 19.5. The Morgan fingerprint density at radius 2 is 1.17 bits per heavy atom. The molecule has 2 unspecified atom stereocenters. The van der Waals surface area contributed by atoms with Crippen molar-refractivity contribution in [3.63, 3.8) is 0 Å². The number of unbranched alkanes of at least 4 members (excludes halogenated alkanes) is 5. The highest BCUT2D eigenvalue weighted by Crippen LogP contribution is 2.62. The van der Waals surface area contributed by atoms with Gasteiger partial charge in [-0.3, -0.25) is 4.79 Å². The van der Waals surface area contributed by atoms with E-state index in [9.17, 15) is 17.8 Å². The number of carbonyl (C=O) groups is 1. The third-order valence-corrected chi connectivity index (χ3v) is 11.0. The molecule has 0 saturated heterocycles. The van der Waals surface area contributed by atoms with Crippen molar-refractivity contribution >= 4 is 26.9 Å². The lowest BCUT2D eigenvalue weighted by Gasteiger charge is -2.50. The van der Waals surface area contributed by atoms with E-state index >= 15 is 0 Å². The molecule has 6 nitrogen and oxygen atoms in total. The SMILES string of the molecule is CCCCCCCCOc1ccccc1C1C2c3ccccc3C(c3ccccc32)C1C(=O)Oc1ccc(S(=O)(=O)[O-])c2ccccc12. The van der Waals surface area contributed by atoms with Crippen molar-refractivity contribution < 1.29 is 27.2 Å². The van der Waals surface area contributed by atoms with E-state index in [1.807, 2.05) is 30.3 Å². The lowest BCUT2D eigenvalue weighted by molar-refractivity contribution is -0.141. The number of hydrogen-bond donors (Lipinski definition) is 0. The summed E-state index contributed by atoms with van der Waals surface area (Å²) in [5, 5.41) is 0.618. The first-order valence-corrected chi connectivity index (χ1v) is 18.4. The van der Waals surface area contributed by atoms with Gasteiger partial charge in [-0.1, -0.05) is 130 Å². The Kier molecular flexibility index (Phi) is 9.08. The summed E-state index contributed by atoms with van der Waals surface area (Å²) in [5.74, 6) is -0.653. The van der Waals surface area contributed by atoms with E-state index in [1.165, 1.54) is 48.9 Å². The van der Waals surface area contributed by atoms with Crippen LogP contribution < -0.4 is 9.47 Å². The number of esters is 1. The van der Waals surface area contributed by atoms with Crippen molar-refractivity contribution in [2.45, 2.75) is 68.1 Å². The van der Waals surface area contributed by atoms with Gasteiger partial charge in [-0.25, -0.2) is 8.42 Å². The molecular weight excluding hydrogens is 621 g/mol. The average Bonchev–Trinajstić information content (AvgIpc) is 3.10. The summed E-state index contributed by atoms with van der Waals surface area (Å²) in [4.78, 5) is 14.4. The van der Waals surface area contributed by atoms with Gasteiger partial charge >= 0.3 is 5.97 Å². The van der Waals surface area contributed by atoms with Gasteiger partial charge in [0.1, 0.15) is 21.6 Å². The predicted molar refractivity (Wildman–Crippen MR) is 186 cm³/mol. The molecule has 8 rings (SSSR count). The number of benzene rings is 5. The van der Waals surface area contributed by atoms with Gasteiger partial charge in [0.05, 0.1) is 17.4 Å². The second-order valence-electron chi connectivity index (χ2n) is 12.9. The highest BCUT2D eigenvalue weighted by atomic mass is 32.2. The van der Waals surface area contributed by atoms with Gasteiger partial charge in [-0.05, 0) is 52.4 Å². The summed E-state index contributed by atoms with van der Waals surface area (Å²) < 4.78 is 48.9. The van der Waals surface area contributed by atoms with Crippen LogP contribution in [-0.2, 0) is 14.9 Å². The summed E-state index contributed by atoms with van der Waals surface area (Å²) in [6, 6.07) is 34.1. The Morgan fingerprint density at radius 1 is 0.625 bits per heavy atom. The van der Waals surface area contributed by atoms with Crippen LogP contribution in [0.15, 0.2) is 114 Å². The standard InChI is InChI=1S/C41H40O6S/c1-2-3-4-5-6-15-26-46-34-23-14-13-22-33(34)39-37-29-18-9-11-20-31(29)38(32-21-12-10-19-30(32)37)40(39)41(42)47-35-24-25-36(48(43,44)45)28-17-8-7-16-27(28)35/h7-14,16-25,37-40H,2-6,15,26H2,1H3,(H,43,44,45)/p-1. The van der Waals surface area contributed by atoms with E-state index in [4.69, 9.17) is 9.47 Å². The van der Waals surface area contributed by atoms with Crippen LogP contribution in [0.25, 0.3) is 10.8 Å². The highest BCUT2D eigenvalue weighted by molar-refractivity contribution is 7.86. The van der Waals surface area contributed by atoms with Gasteiger partial charge in [0.2, 0.25) is 0 Å². The van der Waals surface area contributed by atoms with Crippen LogP contribution in [0.3, 0.4) is 0 Å². The fourth-order valence-corrected chi connectivity index (χ4v) is 8.70. The fourth-order valence-electron chi connectivity index (χ4n) is 8.01. The molecule has 3 aliphatic rings. The van der Waals surface area contributed by atoms with Crippen LogP contribution in [-0.4, -0.2) is 25.5 Å². The van der Waals surface area contributed by atoms with Crippen LogP contribution in [0.4, 0.5) is 0 Å². The zero-order valence-corrected chi connectivity index (χ0v) is 27.8. The summed E-state index contributed by atoms with van der Waals surface area (Å²) in [7, 11) is -4.74. The Labute approximate surface area is 282 Å². The summed E-state index contributed by atoms with van der Waals surface area (Å²) in [6.07, 6.45) is 6.99. The molecule has 2 bridgehead atoms. The zero-order chi connectivity index (χ0) is 33.3. The minimum absolute atomic E-state index is 0.108. The highest BCUT2D eigenvalue weighted by Gasteiger charge is 2.54. The van der Waals surface area contributed by atoms with Crippen LogP contribution >= 0.6 is 0 Å². The van der Waals surface area contributed by atoms with Crippen molar-refractivity contribution in [2.75, 3.05) is 6.61 Å². The number of para-hydroxylation sites is 1. The minimum atomic E-state index is -4.74. The molecule has 0 saturated carbocycles. The van der Waals surface area contributed by atoms with Crippen LogP contribution in [0.1, 0.15) is 91.0 Å². The smallest absolute Gasteiger partial charge is 0.315 e. The molecule has 0 aromatic heterocycles. The third kappa shape index (κ3) is 5.90. The lowest BCUT2D eigenvalue weighted by atomic mass is 9.53. The summed E-state index contributed by atoms with van der Waals surface area (Å²) >= 11 is 0. The summed E-state index contributed by atoms with van der Waals surface area (Å²) in [6.45, 7) is 2.82. The van der Waals surface area contributed by atoms with Gasteiger partial charge in [0, 0.05) is 28.5 Å². The van der Waals surface area contributed by atoms with Gasteiger partial charge in [0.15, 0.2) is 0 Å². The van der Waals surface area contributed by atoms with Crippen LogP contribution in [0.5, 0.6) is 11.5 Å². The van der Waals surface area contributed by atoms with Crippen molar-refractivity contribution in [1.29, 1.82) is 0 Å². The first kappa shape index (κ1) is 32.1. The molecule has 0 heterocycles. The van der Waals surface area contributed by atoms with E-state index in [1.54, 1.807) is 24.3 Å². The molecule has 5 aromatic rings. The second-order valence-corrected chi connectivity index (χ2v) is 14.2. The first-order valence-electron chi connectivity index (χ1n) is 17.0. The molecule has 0 N–H and O–H groups in total. The van der Waals surface area contributed by atoms with Crippen molar-refractivity contribution in [2.24, 2.45) is 5.92 Å². The molecule has 0 aliphatic heterocycles. The molecule has 246 valence electrons. The van der Waals surface area contributed by atoms with E-state index in [2.05, 4.69) is 49.4 Å². The zero-order valence-electron chi connectivity index (χ0n) is 27.0. The second kappa shape index (κ2) is 13.6. The molecule has 0 fully saturated rings. The minimum Gasteiger partial charge on any atom is -0.744 e. The molecule has 7 heteroatoms. The fraction of sp³-hybridized carbons (Fsp3) is 0.293. The van der Waals surface area contributed by atoms with Crippen LogP contribution in [0, 0.1) is 5.92 Å². The molecular formula is C41H39O6S-. The molecule has 48 heavy (non-hydrogen) atoms. The summed E-state index contributed by atoms with van der Waals surface area (Å²) in [5.41, 5.74) is 5.61. The topological polar surface area (TPSA) is 92.7 Å². The van der Waals surface area contributed by atoms with Gasteiger partial charge < -0.3 is 14.0 Å². The number of ether oxygens (including phenoxy) is 2. The molecule has 0 amide bonds. The maximum absolute atomic E-state index is 14.7. The van der Waals surface area contributed by atoms with Gasteiger partial charge in [-0.2, -0.15) is 0 Å². The number of hydrogen-bond acceptors (Lipinski definition) is 6. The number of fused-ring (bicyclic) bond motifs is 2. The number of carbonyl (C=O) groups excluding carboxylic acids is 1. The van der Waals surface area contributed by atoms with Crippen LogP contribution in [0.2, 0.25) is 0 Å². The van der Waals surface area contributed by atoms with E-state index in [0.717, 1.165) is 35.3 Å². The monoisotopic (exact) mass is 659 g/mol. The van der Waals surface area contributed by atoms with E-state index < -0.39 is 22.0 Å². The van der Waals surface area contributed by atoms with Crippen molar-refractivity contribution in [3.05, 3.63) is 137 Å². The average molecular weight is 660 g/mol. The Bertz CT molecular complexity index is 2020. The Balaban J connectivity index is 1.30. The molecule has 3 aliphatic carbocycles. The molecule has 0 spiro atoms. The quantitative estimate of drug-likeness (QED) is 0.0574. The predicted octanol–water partition coefficient (Wildman–Crippen LogP) is 9.08. The molecule has 0 radical (unpaired) electrons. The maximum atomic E-state index is 14.7. The van der Waals surface area contributed by atoms with Crippen molar-refractivity contribution in [1.82, 2.24) is 0 Å². The van der Waals surface area contributed by atoms with E-state index in [0.29, 0.717) is 12.0 Å². The Morgan fingerprint density at radius 3 is 1.81 bits per heavy atom. The molecule has 2 atom stereocenters. The maximum Gasteiger partial charge on any atom is 0.315 e. The van der Waals surface area contributed by atoms with Crippen molar-refractivity contribution in [3.8, 4) is 11.5 Å². The van der Waals surface area contributed by atoms with Gasteiger partial charge in [0.25, 0.3) is 0 Å². The third-order valence-electron chi connectivity index (χ3n) is 10.1. The Hall–Kier alpha value is -4.46. The van der Waals surface area contributed by atoms with Gasteiger partial charge in [-0.15, -0.1) is 0 Å². The number of rotatable bonds is 12. The van der Waals surface area contributed by atoms with E-state index in [-0.39, 0.29) is 33.8 Å². The largest absolute Gasteiger partial charge is 0.744 e. The first-order chi connectivity index (χ1) is 23.4. The molecule has 5 aromatic carbocycles. The lowest BCUT2D eigenvalue weighted by Crippen LogP contribution is -2.44.